The SMILES string of the molecule is Cc1nc(CBr)ns1. The number of aromatic nitrogens is 2. The first kappa shape index (κ1) is 6.16. The molecule has 1 heterocycles. The van der Waals surface area contributed by atoms with E-state index in [1.54, 1.807) is 0 Å². The number of alkyl halides is 1. The molecule has 1 aromatic heterocycles. The van der Waals surface area contributed by atoms with Gasteiger partial charge in [-0.2, -0.15) is 4.37 Å². The number of nitrogens with zero attached hydrogens (tertiary/aromatic N) is 2. The van der Waals surface area contributed by atoms with Crippen LogP contribution >= 0.6 is 27.5 Å². The van der Waals surface area contributed by atoms with Gasteiger partial charge in [0.15, 0.2) is 5.82 Å². The molecule has 0 saturated carbocycles. The van der Waals surface area contributed by atoms with Gasteiger partial charge in [0.25, 0.3) is 0 Å². The van der Waals surface area contributed by atoms with Crippen molar-refractivity contribution in [2.24, 2.45) is 0 Å². The molecule has 0 spiro atoms. The van der Waals surface area contributed by atoms with Gasteiger partial charge < -0.3 is 0 Å². The molecule has 0 amide bonds. The zero-order valence-electron chi connectivity index (χ0n) is 4.39. The van der Waals surface area contributed by atoms with Gasteiger partial charge in [-0.25, -0.2) is 4.98 Å². The molecule has 44 valence electrons. The molecule has 0 atom stereocenters. The first-order valence-electron chi connectivity index (χ1n) is 2.18. The van der Waals surface area contributed by atoms with Crippen molar-refractivity contribution in [2.45, 2.75) is 12.3 Å². The quantitative estimate of drug-likeness (QED) is 0.635. The molecule has 0 saturated heterocycles. The molecule has 4 heteroatoms. The lowest BCUT2D eigenvalue weighted by atomic mass is 10.7. The summed E-state index contributed by atoms with van der Waals surface area (Å²) in [6, 6.07) is 0. The average molecular weight is 193 g/mol. The Morgan fingerprint density at radius 3 is 2.75 bits per heavy atom. The highest BCUT2D eigenvalue weighted by Gasteiger charge is 1.94. The first-order valence-corrected chi connectivity index (χ1v) is 4.07. The maximum absolute atomic E-state index is 4.09. The molecule has 0 aromatic carbocycles. The number of rotatable bonds is 1. The van der Waals surface area contributed by atoms with E-state index in [0.717, 1.165) is 16.2 Å². The van der Waals surface area contributed by atoms with Crippen LogP contribution in [-0.2, 0) is 5.33 Å². The smallest absolute Gasteiger partial charge is 0.153 e. The fourth-order valence-electron chi connectivity index (χ4n) is 0.396. The lowest BCUT2D eigenvalue weighted by molar-refractivity contribution is 1.12. The fourth-order valence-corrected chi connectivity index (χ4v) is 1.30. The highest BCUT2D eigenvalue weighted by molar-refractivity contribution is 9.08. The second kappa shape index (κ2) is 2.55. The first-order chi connectivity index (χ1) is 3.83. The highest BCUT2D eigenvalue weighted by Crippen LogP contribution is 2.04. The molecule has 1 aromatic rings. The summed E-state index contributed by atoms with van der Waals surface area (Å²) < 4.78 is 4.02. The van der Waals surface area contributed by atoms with Crippen LogP contribution in [0.15, 0.2) is 0 Å². The molecule has 8 heavy (non-hydrogen) atoms. The third-order valence-electron chi connectivity index (χ3n) is 0.689. The Bertz CT molecular complexity index is 174. The molecule has 0 aliphatic heterocycles. The van der Waals surface area contributed by atoms with Crippen molar-refractivity contribution in [1.29, 1.82) is 0 Å². The topological polar surface area (TPSA) is 25.8 Å². The molecule has 0 radical (unpaired) electrons. The van der Waals surface area contributed by atoms with E-state index in [-0.39, 0.29) is 0 Å². The zero-order valence-corrected chi connectivity index (χ0v) is 6.79. The van der Waals surface area contributed by atoms with Crippen molar-refractivity contribution < 1.29 is 0 Å². The van der Waals surface area contributed by atoms with Crippen molar-refractivity contribution in [3.8, 4) is 0 Å². The van der Waals surface area contributed by atoms with Gasteiger partial charge in [0, 0.05) is 0 Å². The Balaban J connectivity index is 2.84. The predicted molar refractivity (Wildman–Crippen MR) is 37.3 cm³/mol. The molecule has 2 nitrogen and oxygen atoms in total. The van der Waals surface area contributed by atoms with Gasteiger partial charge in [-0.05, 0) is 18.5 Å². The number of hydrogen-bond acceptors (Lipinski definition) is 3. The summed E-state index contributed by atoms with van der Waals surface area (Å²) in [5.74, 6) is 0.882. The summed E-state index contributed by atoms with van der Waals surface area (Å²) >= 11 is 4.69. The van der Waals surface area contributed by atoms with E-state index in [9.17, 15) is 0 Å². The van der Waals surface area contributed by atoms with Crippen LogP contribution in [0.5, 0.6) is 0 Å². The molecule has 0 N–H and O–H groups in total. The summed E-state index contributed by atoms with van der Waals surface area (Å²) in [6.07, 6.45) is 0. The minimum absolute atomic E-state index is 0.761. The van der Waals surface area contributed by atoms with Crippen molar-refractivity contribution in [1.82, 2.24) is 9.36 Å². The Morgan fingerprint density at radius 2 is 2.50 bits per heavy atom. The zero-order chi connectivity index (χ0) is 5.98. The predicted octanol–water partition coefficient (Wildman–Crippen LogP) is 1.74. The monoisotopic (exact) mass is 192 g/mol. The fraction of sp³-hybridized carbons (Fsp3) is 0.500. The van der Waals surface area contributed by atoms with Gasteiger partial charge >= 0.3 is 0 Å². The van der Waals surface area contributed by atoms with Crippen molar-refractivity contribution in [3.63, 3.8) is 0 Å². The maximum Gasteiger partial charge on any atom is 0.153 e. The molecular weight excluding hydrogens is 188 g/mol. The van der Waals surface area contributed by atoms with Crippen LogP contribution in [0, 0.1) is 6.92 Å². The maximum atomic E-state index is 4.09. The second-order valence-electron chi connectivity index (χ2n) is 1.36. The van der Waals surface area contributed by atoms with Gasteiger partial charge in [-0.1, -0.05) is 15.9 Å². The minimum Gasteiger partial charge on any atom is -0.224 e. The molecule has 0 aliphatic rings. The van der Waals surface area contributed by atoms with Gasteiger partial charge in [0.2, 0.25) is 0 Å². The molecule has 0 unspecified atom stereocenters. The minimum atomic E-state index is 0.761. The number of halogens is 1. The lowest BCUT2D eigenvalue weighted by Gasteiger charge is -1.75. The van der Waals surface area contributed by atoms with Crippen molar-refractivity contribution >= 4 is 27.5 Å². The summed E-state index contributed by atoms with van der Waals surface area (Å²) in [5, 5.41) is 1.79. The van der Waals surface area contributed by atoms with Crippen LogP contribution in [0.25, 0.3) is 0 Å². The average Bonchev–Trinajstić information content (AvgIpc) is 2.14. The number of hydrogen-bond donors (Lipinski definition) is 0. The van der Waals surface area contributed by atoms with Gasteiger partial charge in [0.05, 0.1) is 5.33 Å². The molecule has 0 aliphatic carbocycles. The molecule has 0 fully saturated rings. The summed E-state index contributed by atoms with van der Waals surface area (Å²) in [4.78, 5) is 4.09. The van der Waals surface area contributed by atoms with E-state index < -0.39 is 0 Å². The molecule has 1 rings (SSSR count). The van der Waals surface area contributed by atoms with Crippen LogP contribution in [0.4, 0.5) is 0 Å². The van der Waals surface area contributed by atoms with Gasteiger partial charge in [-0.15, -0.1) is 0 Å². The molecular formula is C4H5BrN2S. The Hall–Kier alpha value is 0.0400. The van der Waals surface area contributed by atoms with E-state index in [4.69, 9.17) is 0 Å². The largest absolute Gasteiger partial charge is 0.224 e. The van der Waals surface area contributed by atoms with Gasteiger partial charge in [-0.3, -0.25) is 0 Å². The van der Waals surface area contributed by atoms with E-state index in [2.05, 4.69) is 25.3 Å². The Morgan fingerprint density at radius 1 is 1.75 bits per heavy atom. The lowest BCUT2D eigenvalue weighted by Crippen LogP contribution is -1.77. The van der Waals surface area contributed by atoms with Crippen LogP contribution in [0.3, 0.4) is 0 Å². The normalized spacial score (nSPS) is 9.75. The standard InChI is InChI=1S/C4H5BrN2S/c1-3-6-4(2-5)7-8-3/h2H2,1H3. The van der Waals surface area contributed by atoms with E-state index in [1.807, 2.05) is 6.92 Å². The van der Waals surface area contributed by atoms with Crippen LogP contribution in [0.2, 0.25) is 0 Å². The number of aryl methyl sites for hydroxylation is 1. The Kier molecular flexibility index (Phi) is 1.96. The van der Waals surface area contributed by atoms with E-state index in [1.165, 1.54) is 11.5 Å². The van der Waals surface area contributed by atoms with E-state index in [0.29, 0.717) is 0 Å². The third kappa shape index (κ3) is 1.26. The summed E-state index contributed by atoms with van der Waals surface area (Å²) in [7, 11) is 0. The van der Waals surface area contributed by atoms with Crippen molar-refractivity contribution in [2.75, 3.05) is 0 Å². The van der Waals surface area contributed by atoms with Crippen LogP contribution < -0.4 is 0 Å². The third-order valence-corrected chi connectivity index (χ3v) is 1.85. The highest BCUT2D eigenvalue weighted by atomic mass is 79.9. The van der Waals surface area contributed by atoms with Crippen molar-refractivity contribution in [3.05, 3.63) is 10.8 Å². The molecule has 0 bridgehead atoms. The summed E-state index contributed by atoms with van der Waals surface area (Å²) in [6.45, 7) is 1.95. The summed E-state index contributed by atoms with van der Waals surface area (Å²) in [5.41, 5.74) is 0. The van der Waals surface area contributed by atoms with E-state index >= 15 is 0 Å². The van der Waals surface area contributed by atoms with Gasteiger partial charge in [0.1, 0.15) is 5.01 Å². The Labute approximate surface area is 60.2 Å². The van der Waals surface area contributed by atoms with Crippen LogP contribution in [-0.4, -0.2) is 9.36 Å². The second-order valence-corrected chi connectivity index (χ2v) is 2.88. The van der Waals surface area contributed by atoms with Crippen LogP contribution in [0.1, 0.15) is 10.8 Å².